The number of H-pyrrole nitrogens is 1. The third-order valence-electron chi connectivity index (χ3n) is 5.29. The fourth-order valence-electron chi connectivity index (χ4n) is 3.79. The number of anilines is 2. The van der Waals surface area contributed by atoms with Crippen molar-refractivity contribution < 1.29 is 8.78 Å². The second-order valence-corrected chi connectivity index (χ2v) is 7.07. The molecule has 4 heterocycles. The van der Waals surface area contributed by atoms with Crippen LogP contribution in [-0.2, 0) is 6.54 Å². The smallest absolute Gasteiger partial charge is 0.261 e. The minimum Gasteiger partial charge on any atom is -0.368 e. The van der Waals surface area contributed by atoms with Crippen molar-refractivity contribution in [1.82, 2.24) is 29.5 Å². The Morgan fingerprint density at radius 3 is 2.63 bits per heavy atom. The number of aromatic nitrogens is 6. The molecule has 0 amide bonds. The number of nitrogens with zero attached hydrogens (tertiary/aromatic N) is 7. The number of aromatic amines is 1. The maximum absolute atomic E-state index is 12.6. The zero-order chi connectivity index (χ0) is 20.7. The Kier molecular flexibility index (Phi) is 4.49. The molecular formula is C19H18F2N8O. The van der Waals surface area contributed by atoms with E-state index in [9.17, 15) is 13.6 Å². The topological polar surface area (TPSA) is 95.8 Å². The van der Waals surface area contributed by atoms with Gasteiger partial charge in [0.15, 0.2) is 11.5 Å². The summed E-state index contributed by atoms with van der Waals surface area (Å²) in [6.45, 7) is 2.37. The average molecular weight is 412 g/mol. The van der Waals surface area contributed by atoms with Crippen molar-refractivity contribution >= 4 is 33.6 Å². The molecule has 154 valence electrons. The molecule has 0 radical (unpaired) electrons. The highest BCUT2D eigenvalue weighted by atomic mass is 19.3. The third kappa shape index (κ3) is 3.21. The van der Waals surface area contributed by atoms with Crippen LogP contribution in [0.2, 0.25) is 0 Å². The van der Waals surface area contributed by atoms with Gasteiger partial charge in [-0.1, -0.05) is 0 Å². The first-order chi connectivity index (χ1) is 14.6. The zero-order valence-corrected chi connectivity index (χ0v) is 15.9. The van der Waals surface area contributed by atoms with Crippen molar-refractivity contribution in [2.45, 2.75) is 13.0 Å². The molecule has 1 N–H and O–H groups in total. The summed E-state index contributed by atoms with van der Waals surface area (Å²) < 4.78 is 26.2. The zero-order valence-electron chi connectivity index (χ0n) is 15.9. The lowest BCUT2D eigenvalue weighted by molar-refractivity contribution is 0.125. The molecule has 1 aliphatic rings. The first-order valence-electron chi connectivity index (χ1n) is 9.51. The number of rotatable bonds is 4. The molecule has 4 aromatic rings. The minimum absolute atomic E-state index is 0.336. The summed E-state index contributed by atoms with van der Waals surface area (Å²) in [5.74, 6) is 0.830. The van der Waals surface area contributed by atoms with Crippen molar-refractivity contribution in [1.29, 1.82) is 0 Å². The van der Waals surface area contributed by atoms with E-state index in [1.807, 2.05) is 12.1 Å². The van der Waals surface area contributed by atoms with E-state index in [0.29, 0.717) is 16.6 Å². The van der Waals surface area contributed by atoms with Gasteiger partial charge in [-0.05, 0) is 18.2 Å². The van der Waals surface area contributed by atoms with Crippen LogP contribution < -0.4 is 15.4 Å². The van der Waals surface area contributed by atoms with E-state index < -0.39 is 18.5 Å². The molecule has 1 aromatic carbocycles. The molecule has 11 heteroatoms. The van der Waals surface area contributed by atoms with E-state index in [1.54, 1.807) is 12.4 Å². The van der Waals surface area contributed by atoms with Crippen LogP contribution in [0.4, 0.5) is 20.3 Å². The van der Waals surface area contributed by atoms with Gasteiger partial charge >= 0.3 is 0 Å². The number of halogens is 2. The summed E-state index contributed by atoms with van der Waals surface area (Å²) in [4.78, 5) is 36.8. The van der Waals surface area contributed by atoms with Crippen LogP contribution >= 0.6 is 0 Å². The molecule has 9 nitrogen and oxygen atoms in total. The lowest BCUT2D eigenvalue weighted by Gasteiger charge is -2.36. The maximum atomic E-state index is 12.6. The van der Waals surface area contributed by atoms with Gasteiger partial charge in [0.05, 0.1) is 30.1 Å². The molecular weight excluding hydrogens is 394 g/mol. The van der Waals surface area contributed by atoms with Crippen LogP contribution in [0.15, 0.2) is 42.0 Å². The van der Waals surface area contributed by atoms with E-state index in [4.69, 9.17) is 0 Å². The van der Waals surface area contributed by atoms with Crippen LogP contribution in [0.5, 0.6) is 0 Å². The van der Waals surface area contributed by atoms with Gasteiger partial charge in [0, 0.05) is 31.9 Å². The summed E-state index contributed by atoms with van der Waals surface area (Å²) in [5, 5.41) is 0.336. The highest BCUT2D eigenvalue weighted by molar-refractivity contribution is 5.83. The van der Waals surface area contributed by atoms with E-state index >= 15 is 0 Å². The van der Waals surface area contributed by atoms with Crippen LogP contribution in [0.25, 0.3) is 22.1 Å². The van der Waals surface area contributed by atoms with Gasteiger partial charge in [0.2, 0.25) is 0 Å². The molecule has 1 saturated heterocycles. The average Bonchev–Trinajstić information content (AvgIpc) is 3.24. The van der Waals surface area contributed by atoms with Crippen molar-refractivity contribution in [3.8, 4) is 0 Å². The van der Waals surface area contributed by atoms with Crippen LogP contribution in [0.3, 0.4) is 0 Å². The summed E-state index contributed by atoms with van der Waals surface area (Å²) >= 11 is 0. The summed E-state index contributed by atoms with van der Waals surface area (Å²) in [7, 11) is 0. The monoisotopic (exact) mass is 412 g/mol. The highest BCUT2D eigenvalue weighted by Gasteiger charge is 2.21. The van der Waals surface area contributed by atoms with Gasteiger partial charge in [0.1, 0.15) is 11.8 Å². The highest BCUT2D eigenvalue weighted by Crippen LogP contribution is 2.24. The number of alkyl halides is 2. The molecule has 0 atom stereocenters. The summed E-state index contributed by atoms with van der Waals surface area (Å²) in [5.41, 5.74) is 2.45. The van der Waals surface area contributed by atoms with Crippen molar-refractivity contribution in [2.24, 2.45) is 0 Å². The van der Waals surface area contributed by atoms with Crippen LogP contribution in [-0.4, -0.2) is 62.1 Å². The molecule has 0 aliphatic carbocycles. The van der Waals surface area contributed by atoms with Crippen LogP contribution in [0.1, 0.15) is 0 Å². The number of nitrogens with one attached hydrogen (secondary N) is 1. The minimum atomic E-state index is -2.60. The van der Waals surface area contributed by atoms with Crippen LogP contribution in [0, 0.1) is 0 Å². The molecule has 30 heavy (non-hydrogen) atoms. The Bertz CT molecular complexity index is 1260. The number of benzene rings is 1. The van der Waals surface area contributed by atoms with Gasteiger partial charge in [0.25, 0.3) is 12.0 Å². The second kappa shape index (κ2) is 7.32. The summed E-state index contributed by atoms with van der Waals surface area (Å²) in [6, 6.07) is 5.33. The van der Waals surface area contributed by atoms with E-state index in [1.165, 1.54) is 12.7 Å². The van der Waals surface area contributed by atoms with E-state index in [-0.39, 0.29) is 0 Å². The Hall–Kier alpha value is -3.63. The predicted octanol–water partition coefficient (Wildman–Crippen LogP) is 1.65. The van der Waals surface area contributed by atoms with Gasteiger partial charge in [-0.2, -0.15) is 0 Å². The number of hydrogen-bond donors (Lipinski definition) is 1. The lowest BCUT2D eigenvalue weighted by Crippen LogP contribution is -2.47. The molecule has 0 saturated carbocycles. The van der Waals surface area contributed by atoms with Crippen molar-refractivity contribution in [3.05, 3.63) is 47.5 Å². The first-order valence-corrected chi connectivity index (χ1v) is 9.51. The molecule has 5 rings (SSSR count). The standard InChI is InChI=1S/C19H18F2N8O/c20-15(21)8-29-11-26-14-7-12(1-2-13(14)19(29)30)27-3-5-28(6-4-27)18-16-17(23-9-22-16)24-10-25-18/h1-2,7,9-11,15H,3-6,8H2,(H,22,23,24,25). The number of hydrogen-bond acceptors (Lipinski definition) is 7. The molecule has 0 bridgehead atoms. The summed E-state index contributed by atoms with van der Waals surface area (Å²) in [6.07, 6.45) is 1.70. The van der Waals surface area contributed by atoms with Gasteiger partial charge < -0.3 is 14.8 Å². The Morgan fingerprint density at radius 2 is 1.83 bits per heavy atom. The first kappa shape index (κ1) is 18.4. The fraction of sp³-hybridized carbons (Fsp3) is 0.316. The van der Waals surface area contributed by atoms with Crippen molar-refractivity contribution in [3.63, 3.8) is 0 Å². The lowest BCUT2D eigenvalue weighted by atomic mass is 10.2. The molecule has 0 spiro atoms. The number of fused-ring (bicyclic) bond motifs is 2. The van der Waals surface area contributed by atoms with Gasteiger partial charge in [-0.3, -0.25) is 9.36 Å². The Balaban J connectivity index is 1.36. The molecule has 3 aromatic heterocycles. The normalized spacial score (nSPS) is 14.9. The quantitative estimate of drug-likeness (QED) is 0.545. The molecule has 1 fully saturated rings. The van der Waals surface area contributed by atoms with E-state index in [2.05, 4.69) is 34.7 Å². The second-order valence-electron chi connectivity index (χ2n) is 7.07. The largest absolute Gasteiger partial charge is 0.368 e. The third-order valence-corrected chi connectivity index (χ3v) is 5.29. The Labute approximate surface area is 169 Å². The number of piperazine rings is 1. The SMILES string of the molecule is O=c1c2ccc(N3CCN(c4ncnc5nc[nH]c45)CC3)cc2ncn1CC(F)F. The van der Waals surface area contributed by atoms with Gasteiger partial charge in [-0.25, -0.2) is 28.7 Å². The fourth-order valence-corrected chi connectivity index (χ4v) is 3.79. The van der Waals surface area contributed by atoms with Crippen molar-refractivity contribution in [2.75, 3.05) is 36.0 Å². The van der Waals surface area contributed by atoms with E-state index in [0.717, 1.165) is 47.8 Å². The Morgan fingerprint density at radius 1 is 1.03 bits per heavy atom. The number of imidazole rings is 1. The molecule has 0 unspecified atom stereocenters. The van der Waals surface area contributed by atoms with Gasteiger partial charge in [-0.15, -0.1) is 0 Å². The predicted molar refractivity (Wildman–Crippen MR) is 108 cm³/mol. The maximum Gasteiger partial charge on any atom is 0.261 e. The molecule has 1 aliphatic heterocycles.